The van der Waals surface area contributed by atoms with E-state index in [2.05, 4.69) is 33.6 Å². The molecule has 23 nitrogen and oxygen atoms in total. The number of hydrogen-bond donors (Lipinski definition) is 18. The molecule has 418 valence electrons. The number of ketones is 1. The van der Waals surface area contributed by atoms with Crippen molar-refractivity contribution in [2.75, 3.05) is 67.3 Å². The van der Waals surface area contributed by atoms with E-state index in [-0.39, 0.29) is 69.9 Å². The first-order valence-electron chi connectivity index (χ1n) is 23.9. The number of aliphatic hydroxyl groups excluding tert-OH is 8. The van der Waals surface area contributed by atoms with Gasteiger partial charge in [0.25, 0.3) is 5.91 Å². The third kappa shape index (κ3) is 45.1. The maximum Gasteiger partial charge on any atom is 0.251 e. The molecule has 0 unspecified atom stereocenters. The van der Waals surface area contributed by atoms with Gasteiger partial charge in [0.05, 0.1) is 38.7 Å². The zero-order valence-electron chi connectivity index (χ0n) is 42.9. The van der Waals surface area contributed by atoms with Gasteiger partial charge in [-0.05, 0) is 90.6 Å². The van der Waals surface area contributed by atoms with Crippen LogP contribution in [0.3, 0.4) is 0 Å². The van der Waals surface area contributed by atoms with E-state index >= 15 is 0 Å². The number of amidine groups is 1. The maximum atomic E-state index is 11.4. The Balaban J connectivity index is -0.000000232. The van der Waals surface area contributed by atoms with Gasteiger partial charge in [0.1, 0.15) is 30.5 Å². The summed E-state index contributed by atoms with van der Waals surface area (Å²) in [5.41, 5.74) is 17.1. The lowest BCUT2D eigenvalue weighted by Gasteiger charge is -2.26. The standard InChI is InChI=1S/C22H45N5O5.C11H23N3O6.C10H20N2O2.CH4S.2ClH/c1-25-13-7-10-16(23)9-5-3-4-6-12-19(24)27-14-8-11-17(28)21(31)22(32)18(29)15-20(30)26-2;12-3-1-2-6(15)7(16)8(17)9(18)10(19)11(20)14-5-4-13;1-13-9(11)7-5-3-4-6-8-10(12)14-2;1-2;;/h17-18,21-23,25,28-29,31-32H,3-15H2,1-2H3,(H2,24,27)(H,26,30);7-10,16-19H,1-5,12-13H2,(H,14,20);11-12H,3-8H2,1-2H3;2H,1H3;2*1H/t17-,18+,21+,22-;7-,8+,9+,10-;;;;/m10..../s1/i;;;1D;;. The minimum Gasteiger partial charge on any atom is -0.484 e. The highest BCUT2D eigenvalue weighted by atomic mass is 35.5. The number of hydrogen-bond acceptors (Lipinski definition) is 21. The number of carbonyl (C=O) groups is 3. The molecule has 0 saturated heterocycles. The molecule has 0 saturated carbocycles. The zero-order chi connectivity index (χ0) is 53.6. The van der Waals surface area contributed by atoms with E-state index in [1.54, 1.807) is 0 Å². The Labute approximate surface area is 435 Å². The number of ether oxygens (including phenoxy) is 2. The second kappa shape index (κ2) is 54.0. The minimum atomic E-state index is -2.00. The molecule has 0 aromatic carbocycles. The number of Topliss-reactive ketones (excluding diaryl/α,β-unsaturated/α-hetero) is 1. The van der Waals surface area contributed by atoms with Crippen LogP contribution in [0.1, 0.15) is 123 Å². The first-order valence-corrected chi connectivity index (χ1v) is 23.8. The molecule has 20 N–H and O–H groups in total. The van der Waals surface area contributed by atoms with Crippen molar-refractivity contribution in [3.05, 3.63) is 0 Å². The number of amides is 2. The van der Waals surface area contributed by atoms with Gasteiger partial charge >= 0.3 is 0 Å². The van der Waals surface area contributed by atoms with Crippen LogP contribution in [0.15, 0.2) is 4.99 Å². The molecular formula is C44H94Cl2N10O13S. The molecule has 0 aliphatic heterocycles. The fourth-order valence-corrected chi connectivity index (χ4v) is 5.81. The van der Waals surface area contributed by atoms with Crippen molar-refractivity contribution < 1.29 is 66.1 Å². The Morgan fingerprint density at radius 3 is 1.59 bits per heavy atom. The first-order chi connectivity index (χ1) is 32.7. The summed E-state index contributed by atoms with van der Waals surface area (Å²) in [4.78, 5) is 38.3. The summed E-state index contributed by atoms with van der Waals surface area (Å²) in [6.07, 6.45) is 0.135. The summed E-state index contributed by atoms with van der Waals surface area (Å²) in [6, 6.07) is 0. The fourth-order valence-electron chi connectivity index (χ4n) is 5.81. The van der Waals surface area contributed by atoms with Crippen molar-refractivity contribution in [1.82, 2.24) is 16.0 Å². The van der Waals surface area contributed by atoms with E-state index in [1.807, 2.05) is 7.05 Å². The number of methoxy groups -OCH3 is 2. The molecule has 26 heteroatoms. The second-order valence-corrected chi connectivity index (χ2v) is 15.7. The van der Waals surface area contributed by atoms with Gasteiger partial charge in [0, 0.05) is 59.4 Å². The highest BCUT2D eigenvalue weighted by Crippen LogP contribution is 2.13. The molecule has 0 fully saturated rings. The van der Waals surface area contributed by atoms with Gasteiger partial charge in [0.2, 0.25) is 5.91 Å². The Morgan fingerprint density at radius 1 is 0.643 bits per heavy atom. The van der Waals surface area contributed by atoms with Crippen molar-refractivity contribution in [3.8, 4) is 0 Å². The van der Waals surface area contributed by atoms with E-state index in [0.717, 1.165) is 95.7 Å². The number of aliphatic imine (C=N–C) groups is 1. The summed E-state index contributed by atoms with van der Waals surface area (Å²) in [5.74, 6) is -0.881. The van der Waals surface area contributed by atoms with E-state index in [0.29, 0.717) is 43.4 Å². The van der Waals surface area contributed by atoms with Crippen LogP contribution in [-0.2, 0) is 23.9 Å². The predicted molar refractivity (Wildman–Crippen MR) is 283 cm³/mol. The number of aliphatic hydroxyl groups is 8. The lowest BCUT2D eigenvalue weighted by atomic mass is 9.97. The van der Waals surface area contributed by atoms with Crippen molar-refractivity contribution in [2.24, 2.45) is 22.2 Å². The summed E-state index contributed by atoms with van der Waals surface area (Å²) in [7, 11) is 6.38. The third-order valence-corrected chi connectivity index (χ3v) is 10.1. The topological polar surface area (TPSA) is 430 Å². The van der Waals surface area contributed by atoms with Gasteiger partial charge in [-0.2, -0.15) is 12.6 Å². The number of unbranched alkanes of at least 4 members (excludes halogenated alkanes) is 6. The Hall–Kier alpha value is -2.82. The molecular weight excluding hydrogens is 980 g/mol. The molecule has 0 aliphatic rings. The van der Waals surface area contributed by atoms with E-state index in [1.165, 1.54) is 21.3 Å². The number of nitrogens with one attached hydrogen (secondary N) is 6. The molecule has 0 aromatic heterocycles. The van der Waals surface area contributed by atoms with Crippen molar-refractivity contribution in [3.63, 3.8) is 0 Å². The Morgan fingerprint density at radius 2 is 1.11 bits per heavy atom. The van der Waals surface area contributed by atoms with Crippen LogP contribution >= 0.6 is 37.4 Å². The van der Waals surface area contributed by atoms with E-state index < -0.39 is 66.4 Å². The lowest BCUT2D eigenvalue weighted by Crippen LogP contribution is -2.53. The zero-order valence-corrected chi connectivity index (χ0v) is 44.4. The molecule has 70 heavy (non-hydrogen) atoms. The smallest absolute Gasteiger partial charge is 0.251 e. The van der Waals surface area contributed by atoms with Crippen LogP contribution in [0, 0.1) is 16.2 Å². The fraction of sp³-hybridized carbons (Fsp3) is 0.841. The molecule has 2 amide bonds. The van der Waals surface area contributed by atoms with Gasteiger partial charge in [-0.1, -0.05) is 25.7 Å². The molecule has 0 rings (SSSR count). The number of nitrogens with two attached hydrogens (primary N) is 3. The number of thiol groups is 1. The quantitative estimate of drug-likeness (QED) is 0.0166. The van der Waals surface area contributed by atoms with Crippen LogP contribution in [0.25, 0.3) is 0 Å². The predicted octanol–water partition coefficient (Wildman–Crippen LogP) is -0.160. The molecule has 8 atom stereocenters. The third-order valence-electron chi connectivity index (χ3n) is 10.1. The highest BCUT2D eigenvalue weighted by Gasteiger charge is 2.37. The van der Waals surface area contributed by atoms with Crippen LogP contribution in [0.5, 0.6) is 0 Å². The van der Waals surface area contributed by atoms with Crippen molar-refractivity contribution >= 4 is 78.4 Å². The van der Waals surface area contributed by atoms with Crippen LogP contribution < -0.4 is 33.2 Å². The van der Waals surface area contributed by atoms with Crippen molar-refractivity contribution in [1.29, 1.82) is 16.2 Å². The largest absolute Gasteiger partial charge is 0.484 e. The SMILES string of the molecule is CNCCCC(=N)CCCCCCC(N)=NCCC[C@@H](O)[C@H](O)[C@H](O)[C@@H](O)CC(=O)NC.COC(=N)CCCCCCC(=N)OC.Cl.Cl.NCCCC(=O)[C@H](O)[C@@H](O)[C@@H](O)[C@H](O)C(=O)NCCN.[2H]CS. The monoisotopic (exact) mass is 1070 g/mol. The van der Waals surface area contributed by atoms with Crippen LogP contribution in [0.4, 0.5) is 0 Å². The summed E-state index contributed by atoms with van der Waals surface area (Å²) in [5, 5.41) is 108. The van der Waals surface area contributed by atoms with Crippen molar-refractivity contribution in [2.45, 2.75) is 171 Å². The maximum absolute atomic E-state index is 11.4. The second-order valence-electron chi connectivity index (χ2n) is 15.7. The molecule has 0 bridgehead atoms. The number of carbonyl (C=O) groups excluding carboxylic acids is 3. The van der Waals surface area contributed by atoms with Crippen LogP contribution in [-0.4, -0.2) is 198 Å². The summed E-state index contributed by atoms with van der Waals surface area (Å²) in [6.45, 7) is 1.80. The summed E-state index contributed by atoms with van der Waals surface area (Å²) < 4.78 is 15.6. The van der Waals surface area contributed by atoms with Gasteiger partial charge in [-0.25, -0.2) is 0 Å². The molecule has 0 aromatic rings. The van der Waals surface area contributed by atoms with Gasteiger partial charge in [-0.3, -0.25) is 30.2 Å². The van der Waals surface area contributed by atoms with Crippen LogP contribution in [0.2, 0.25) is 0 Å². The van der Waals surface area contributed by atoms with Gasteiger partial charge < -0.3 is 88.9 Å². The highest BCUT2D eigenvalue weighted by molar-refractivity contribution is 7.79. The average Bonchev–Trinajstić information content (AvgIpc) is 3.34. The Bertz CT molecular complexity index is 1330. The lowest BCUT2D eigenvalue weighted by molar-refractivity contribution is -0.154. The normalized spacial score (nSPS) is 14.3. The Kier molecular flexibility index (Phi) is 58.7. The van der Waals surface area contributed by atoms with Gasteiger partial charge in [-0.15, -0.1) is 24.8 Å². The van der Waals surface area contributed by atoms with Gasteiger partial charge in [0.15, 0.2) is 23.7 Å². The molecule has 0 spiro atoms. The summed E-state index contributed by atoms with van der Waals surface area (Å²) >= 11 is 3.46. The number of nitrogens with zero attached hydrogens (tertiary/aromatic N) is 1. The first kappa shape index (κ1) is 76.1. The van der Waals surface area contributed by atoms with E-state index in [9.17, 15) is 55.2 Å². The minimum absolute atomic E-state index is 0. The molecule has 0 heterocycles. The molecule has 0 radical (unpaired) electrons. The number of halogens is 2. The average molecular weight is 1080 g/mol. The van der Waals surface area contributed by atoms with E-state index in [4.69, 9.17) is 44.3 Å². The number of rotatable bonds is 37. The molecule has 0 aliphatic carbocycles.